The average Bonchev–Trinajstić information content (AvgIpc) is 2.58. The zero-order chi connectivity index (χ0) is 11.8. The van der Waals surface area contributed by atoms with Crippen molar-refractivity contribution in [1.82, 2.24) is 0 Å². The quantitative estimate of drug-likeness (QED) is 0.810. The fraction of sp³-hybridized carbons (Fsp3) is 0.571. The van der Waals surface area contributed by atoms with Crippen LogP contribution in [0.4, 0.5) is 4.39 Å². The van der Waals surface area contributed by atoms with Crippen molar-refractivity contribution in [3.05, 3.63) is 35.6 Å². The number of hydrogen-bond donors (Lipinski definition) is 1. The molecule has 2 unspecified atom stereocenters. The third kappa shape index (κ3) is 1.99. The average molecular weight is 221 g/mol. The molecule has 16 heavy (non-hydrogen) atoms. The predicted molar refractivity (Wildman–Crippen MR) is 64.5 cm³/mol. The molecule has 0 aromatic heterocycles. The summed E-state index contributed by atoms with van der Waals surface area (Å²) in [7, 11) is 0. The van der Waals surface area contributed by atoms with E-state index < -0.39 is 0 Å². The summed E-state index contributed by atoms with van der Waals surface area (Å²) in [5, 5.41) is 0. The Labute approximate surface area is 96.9 Å². The van der Waals surface area contributed by atoms with Gasteiger partial charge in [0.25, 0.3) is 0 Å². The van der Waals surface area contributed by atoms with E-state index in [1.807, 2.05) is 12.1 Å². The molecule has 1 saturated carbocycles. The van der Waals surface area contributed by atoms with Crippen molar-refractivity contribution in [2.24, 2.45) is 17.1 Å². The number of hydrogen-bond acceptors (Lipinski definition) is 1. The van der Waals surface area contributed by atoms with E-state index in [1.54, 1.807) is 6.07 Å². The fourth-order valence-electron chi connectivity index (χ4n) is 2.98. The summed E-state index contributed by atoms with van der Waals surface area (Å²) in [4.78, 5) is 0. The van der Waals surface area contributed by atoms with Crippen molar-refractivity contribution in [2.45, 2.75) is 39.2 Å². The molecule has 2 rings (SSSR count). The lowest BCUT2D eigenvalue weighted by Crippen LogP contribution is -2.30. The molecule has 2 N–H and O–H groups in total. The van der Waals surface area contributed by atoms with Crippen molar-refractivity contribution in [1.29, 1.82) is 0 Å². The van der Waals surface area contributed by atoms with E-state index in [9.17, 15) is 4.39 Å². The molecule has 1 aliphatic rings. The second-order valence-corrected chi connectivity index (χ2v) is 5.53. The lowest BCUT2D eigenvalue weighted by molar-refractivity contribution is 0.219. The summed E-state index contributed by atoms with van der Waals surface area (Å²) in [6.07, 6.45) is 3.52. The lowest BCUT2D eigenvalue weighted by Gasteiger charge is -2.32. The van der Waals surface area contributed by atoms with Crippen LogP contribution >= 0.6 is 0 Å². The maximum atomic E-state index is 13.7. The normalized spacial score (nSPS) is 25.6. The Morgan fingerprint density at radius 2 is 2.06 bits per heavy atom. The van der Waals surface area contributed by atoms with Gasteiger partial charge in [-0.05, 0) is 30.2 Å². The lowest BCUT2D eigenvalue weighted by atomic mass is 9.76. The number of benzene rings is 1. The Bertz CT molecular complexity index is 373. The molecule has 0 saturated heterocycles. The van der Waals surface area contributed by atoms with E-state index in [0.717, 1.165) is 6.42 Å². The molecule has 1 aromatic carbocycles. The molecule has 0 amide bonds. The van der Waals surface area contributed by atoms with Crippen molar-refractivity contribution < 1.29 is 4.39 Å². The van der Waals surface area contributed by atoms with Crippen LogP contribution < -0.4 is 5.73 Å². The Balaban J connectivity index is 2.26. The van der Waals surface area contributed by atoms with Crippen LogP contribution in [0, 0.1) is 17.2 Å². The Hall–Kier alpha value is -0.890. The van der Waals surface area contributed by atoms with Crippen molar-refractivity contribution >= 4 is 0 Å². The fourth-order valence-corrected chi connectivity index (χ4v) is 2.98. The highest BCUT2D eigenvalue weighted by atomic mass is 19.1. The molecule has 1 aromatic rings. The molecule has 0 aliphatic heterocycles. The predicted octanol–water partition coefficient (Wildman–Crippen LogP) is 3.65. The van der Waals surface area contributed by atoms with Gasteiger partial charge in [-0.25, -0.2) is 4.39 Å². The molecule has 1 aliphatic carbocycles. The highest BCUT2D eigenvalue weighted by molar-refractivity contribution is 5.22. The van der Waals surface area contributed by atoms with Crippen molar-refractivity contribution in [2.75, 3.05) is 0 Å². The third-order valence-corrected chi connectivity index (χ3v) is 4.04. The highest BCUT2D eigenvalue weighted by Crippen LogP contribution is 2.48. The van der Waals surface area contributed by atoms with Crippen LogP contribution in [0.25, 0.3) is 0 Å². The first kappa shape index (κ1) is 11.6. The molecule has 2 heteroatoms. The molecule has 0 heterocycles. The van der Waals surface area contributed by atoms with E-state index >= 15 is 0 Å². The summed E-state index contributed by atoms with van der Waals surface area (Å²) in [6, 6.07) is 6.72. The number of halogens is 1. The van der Waals surface area contributed by atoms with E-state index in [1.165, 1.54) is 18.9 Å². The third-order valence-electron chi connectivity index (χ3n) is 4.04. The summed E-state index contributed by atoms with van der Waals surface area (Å²) < 4.78 is 13.7. The molecule has 2 atom stereocenters. The number of rotatable bonds is 2. The van der Waals surface area contributed by atoms with Crippen molar-refractivity contribution in [3.63, 3.8) is 0 Å². The Kier molecular flexibility index (Phi) is 3.02. The molecular formula is C14H20FN. The van der Waals surface area contributed by atoms with Crippen LogP contribution in [0.2, 0.25) is 0 Å². The molecule has 88 valence electrons. The van der Waals surface area contributed by atoms with Gasteiger partial charge in [-0.15, -0.1) is 0 Å². The van der Waals surface area contributed by atoms with Crippen LogP contribution in [0.1, 0.15) is 44.7 Å². The Morgan fingerprint density at radius 1 is 1.38 bits per heavy atom. The van der Waals surface area contributed by atoms with Gasteiger partial charge in [-0.1, -0.05) is 38.5 Å². The van der Waals surface area contributed by atoms with Gasteiger partial charge in [-0.3, -0.25) is 0 Å². The minimum Gasteiger partial charge on any atom is -0.324 e. The molecule has 0 bridgehead atoms. The van der Waals surface area contributed by atoms with Gasteiger partial charge in [0.2, 0.25) is 0 Å². The minimum absolute atomic E-state index is 0.168. The largest absolute Gasteiger partial charge is 0.324 e. The van der Waals surface area contributed by atoms with Gasteiger partial charge in [-0.2, -0.15) is 0 Å². The first-order chi connectivity index (χ1) is 7.52. The molecule has 1 fully saturated rings. The van der Waals surface area contributed by atoms with Gasteiger partial charge < -0.3 is 5.73 Å². The topological polar surface area (TPSA) is 26.0 Å². The van der Waals surface area contributed by atoms with Crippen LogP contribution in [0.15, 0.2) is 24.3 Å². The monoisotopic (exact) mass is 221 g/mol. The molecule has 0 radical (unpaired) electrons. The minimum atomic E-state index is -0.169. The summed E-state index contributed by atoms with van der Waals surface area (Å²) in [5.74, 6) is 0.224. The van der Waals surface area contributed by atoms with Gasteiger partial charge in [0.1, 0.15) is 5.82 Å². The van der Waals surface area contributed by atoms with Gasteiger partial charge >= 0.3 is 0 Å². The maximum absolute atomic E-state index is 13.7. The van der Waals surface area contributed by atoms with Crippen LogP contribution in [0.5, 0.6) is 0 Å². The SMILES string of the molecule is CC1(C)CCCC1C(N)c1ccccc1F. The van der Waals surface area contributed by atoms with E-state index in [4.69, 9.17) is 5.73 Å². The molecular weight excluding hydrogens is 201 g/mol. The Morgan fingerprint density at radius 3 is 2.62 bits per heavy atom. The second kappa shape index (κ2) is 4.17. The van der Waals surface area contributed by atoms with Gasteiger partial charge in [0.15, 0.2) is 0 Å². The first-order valence-electron chi connectivity index (χ1n) is 6.02. The summed E-state index contributed by atoms with van der Waals surface area (Å²) in [5.41, 5.74) is 7.14. The van der Waals surface area contributed by atoms with Crippen molar-refractivity contribution in [3.8, 4) is 0 Å². The maximum Gasteiger partial charge on any atom is 0.127 e. The van der Waals surface area contributed by atoms with E-state index in [0.29, 0.717) is 11.5 Å². The van der Waals surface area contributed by atoms with Crippen LogP contribution in [-0.4, -0.2) is 0 Å². The first-order valence-corrected chi connectivity index (χ1v) is 6.02. The summed E-state index contributed by atoms with van der Waals surface area (Å²) in [6.45, 7) is 4.48. The zero-order valence-electron chi connectivity index (χ0n) is 10.0. The van der Waals surface area contributed by atoms with E-state index in [2.05, 4.69) is 13.8 Å². The summed E-state index contributed by atoms with van der Waals surface area (Å²) >= 11 is 0. The van der Waals surface area contributed by atoms with Gasteiger partial charge in [0, 0.05) is 11.6 Å². The smallest absolute Gasteiger partial charge is 0.127 e. The van der Waals surface area contributed by atoms with Crippen LogP contribution in [0.3, 0.4) is 0 Å². The molecule has 0 spiro atoms. The standard InChI is InChI=1S/C14H20FN/c1-14(2)9-5-7-11(14)13(16)10-6-3-4-8-12(10)15/h3-4,6,8,11,13H,5,7,9,16H2,1-2H3. The van der Waals surface area contributed by atoms with Gasteiger partial charge in [0.05, 0.1) is 0 Å². The molecule has 1 nitrogen and oxygen atoms in total. The highest BCUT2D eigenvalue weighted by Gasteiger charge is 2.39. The second-order valence-electron chi connectivity index (χ2n) is 5.53. The zero-order valence-corrected chi connectivity index (χ0v) is 10.0. The number of nitrogens with two attached hydrogens (primary N) is 1. The van der Waals surface area contributed by atoms with Crippen LogP contribution in [-0.2, 0) is 0 Å². The van der Waals surface area contributed by atoms with E-state index in [-0.39, 0.29) is 17.3 Å².